The van der Waals surface area contributed by atoms with E-state index in [0.29, 0.717) is 18.8 Å². The fourth-order valence-electron chi connectivity index (χ4n) is 6.08. The predicted octanol–water partition coefficient (Wildman–Crippen LogP) is 5.09. The summed E-state index contributed by atoms with van der Waals surface area (Å²) in [4.78, 5) is 37.9. The molecule has 4 fully saturated rings. The van der Waals surface area contributed by atoms with Crippen molar-refractivity contribution in [1.29, 1.82) is 0 Å². The van der Waals surface area contributed by atoms with E-state index in [1.54, 1.807) is 0 Å². The van der Waals surface area contributed by atoms with Crippen LogP contribution in [0.3, 0.4) is 0 Å². The minimum absolute atomic E-state index is 0.0443. The Morgan fingerprint density at radius 3 is 2.31 bits per heavy atom. The van der Waals surface area contributed by atoms with Crippen LogP contribution in [-0.2, 0) is 33.3 Å². The largest absolute Gasteiger partial charge is 0.433 e. The van der Waals surface area contributed by atoms with E-state index in [4.69, 9.17) is 18.9 Å². The van der Waals surface area contributed by atoms with Crippen LogP contribution in [0.25, 0.3) is 0 Å². The molecule has 4 aliphatic rings. The SMILES string of the molecule is CCCCCCCC(=O)OC1OC2(CC1NC(=O)/C=C/C(C)=C/C(C)CCCCCC)C1OC1C(=O)C1OC12. The van der Waals surface area contributed by atoms with E-state index in [0.717, 1.165) is 44.1 Å². The summed E-state index contributed by atoms with van der Waals surface area (Å²) in [5.74, 6) is -0.214. The number of nitrogens with one attached hydrogen (secondary N) is 1. The number of unbranched alkanes of at least 4 members (excludes halogenated alkanes) is 7. The first kappa shape index (κ1) is 29.9. The lowest BCUT2D eigenvalue weighted by atomic mass is 9.81. The van der Waals surface area contributed by atoms with Crippen LogP contribution in [0, 0.1) is 5.92 Å². The third kappa shape index (κ3) is 7.59. The average molecular weight is 546 g/mol. The van der Waals surface area contributed by atoms with Crippen molar-refractivity contribution in [3.05, 3.63) is 23.8 Å². The molecule has 7 unspecified atom stereocenters. The number of esters is 1. The van der Waals surface area contributed by atoms with E-state index in [2.05, 4.69) is 32.2 Å². The highest BCUT2D eigenvalue weighted by Gasteiger charge is 2.79. The Labute approximate surface area is 233 Å². The van der Waals surface area contributed by atoms with Crippen molar-refractivity contribution in [2.45, 2.75) is 147 Å². The van der Waals surface area contributed by atoms with Crippen molar-refractivity contribution in [2.75, 3.05) is 0 Å². The van der Waals surface area contributed by atoms with Gasteiger partial charge in [0.1, 0.15) is 30.0 Å². The fourth-order valence-corrected chi connectivity index (χ4v) is 6.08. The Hall–Kier alpha value is -2.03. The number of ketones is 1. The molecule has 3 heterocycles. The Bertz CT molecular complexity index is 923. The molecule has 218 valence electrons. The van der Waals surface area contributed by atoms with E-state index >= 15 is 0 Å². The van der Waals surface area contributed by atoms with Crippen molar-refractivity contribution in [2.24, 2.45) is 5.92 Å². The average Bonchev–Trinajstić information content (AvgIpc) is 3.82. The molecule has 39 heavy (non-hydrogen) atoms. The molecule has 3 saturated heterocycles. The van der Waals surface area contributed by atoms with Crippen LogP contribution in [0.1, 0.15) is 105 Å². The number of rotatable bonds is 16. The van der Waals surface area contributed by atoms with Gasteiger partial charge in [0.2, 0.25) is 12.2 Å². The number of hydrogen-bond acceptors (Lipinski definition) is 7. The summed E-state index contributed by atoms with van der Waals surface area (Å²) in [6.45, 7) is 8.57. The standard InChI is InChI=1S/C31H47NO7/c1-5-7-9-11-13-15-24(34)36-30-22(19-31(39-30)28-26(37-28)25(35)27-29(31)38-27)32-23(33)17-16-21(4)18-20(3)14-12-10-8-6-2/h16-18,20,22,26-30H,5-15,19H2,1-4H3,(H,32,33)/b17-16+,21-18+. The van der Waals surface area contributed by atoms with E-state index in [1.165, 1.54) is 31.8 Å². The second-order valence-electron chi connectivity index (χ2n) is 11.8. The quantitative estimate of drug-likeness (QED) is 0.0947. The number of fused-ring (bicyclic) bond motifs is 4. The maximum Gasteiger partial charge on any atom is 0.308 e. The van der Waals surface area contributed by atoms with E-state index < -0.39 is 42.3 Å². The molecule has 1 amide bonds. The van der Waals surface area contributed by atoms with E-state index in [9.17, 15) is 14.4 Å². The van der Waals surface area contributed by atoms with Crippen LogP contribution in [-0.4, -0.2) is 60.0 Å². The van der Waals surface area contributed by atoms with Crippen LogP contribution in [0.15, 0.2) is 23.8 Å². The van der Waals surface area contributed by atoms with Crippen molar-refractivity contribution < 1.29 is 33.3 Å². The van der Waals surface area contributed by atoms with Gasteiger partial charge in [0.25, 0.3) is 0 Å². The summed E-state index contributed by atoms with van der Waals surface area (Å²) in [5, 5.41) is 2.99. The van der Waals surface area contributed by atoms with Gasteiger partial charge in [-0.3, -0.25) is 14.4 Å². The highest BCUT2D eigenvalue weighted by molar-refractivity contribution is 5.95. The molecule has 0 radical (unpaired) electrons. The fraction of sp³-hybridized carbons (Fsp3) is 0.774. The maximum absolute atomic E-state index is 12.9. The van der Waals surface area contributed by atoms with Crippen molar-refractivity contribution in [3.63, 3.8) is 0 Å². The summed E-state index contributed by atoms with van der Waals surface area (Å²) >= 11 is 0. The summed E-state index contributed by atoms with van der Waals surface area (Å²) < 4.78 is 23.4. The second kappa shape index (κ2) is 13.6. The van der Waals surface area contributed by atoms with Gasteiger partial charge < -0.3 is 24.3 Å². The molecular weight excluding hydrogens is 498 g/mol. The number of carbonyl (C=O) groups excluding carboxylic acids is 3. The summed E-state index contributed by atoms with van der Waals surface area (Å²) in [7, 11) is 0. The molecule has 1 spiro atoms. The van der Waals surface area contributed by atoms with E-state index in [-0.39, 0.29) is 17.7 Å². The number of Topliss-reactive ketones (excluding diaryl/α,β-unsaturated/α-hetero) is 1. The molecule has 3 aliphatic heterocycles. The summed E-state index contributed by atoms with van der Waals surface area (Å²) in [6, 6.07) is -0.559. The van der Waals surface area contributed by atoms with Crippen molar-refractivity contribution in [3.8, 4) is 0 Å². The number of allylic oxidation sites excluding steroid dienone is 3. The van der Waals surface area contributed by atoms with Gasteiger partial charge in [0.05, 0.1) is 6.04 Å². The Morgan fingerprint density at radius 2 is 1.64 bits per heavy atom. The summed E-state index contributed by atoms with van der Waals surface area (Å²) in [6.07, 6.45) is 14.6. The molecule has 0 aromatic heterocycles. The lowest BCUT2D eigenvalue weighted by Crippen LogP contribution is -2.49. The number of epoxide rings is 2. The van der Waals surface area contributed by atoms with E-state index in [1.807, 2.05) is 13.0 Å². The first-order valence-corrected chi connectivity index (χ1v) is 15.2. The van der Waals surface area contributed by atoms with Crippen LogP contribution < -0.4 is 5.32 Å². The molecular formula is C31H47NO7. The third-order valence-electron chi connectivity index (χ3n) is 8.33. The lowest BCUT2D eigenvalue weighted by Gasteiger charge is -2.27. The Morgan fingerprint density at radius 1 is 1.00 bits per heavy atom. The number of hydrogen-bond donors (Lipinski definition) is 1. The second-order valence-corrected chi connectivity index (χ2v) is 11.8. The van der Waals surface area contributed by atoms with Gasteiger partial charge in [0, 0.05) is 18.9 Å². The molecule has 7 atom stereocenters. The van der Waals surface area contributed by atoms with Crippen LogP contribution in [0.4, 0.5) is 0 Å². The minimum atomic E-state index is -0.951. The van der Waals surface area contributed by atoms with Crippen LogP contribution in [0.5, 0.6) is 0 Å². The third-order valence-corrected chi connectivity index (χ3v) is 8.33. The van der Waals surface area contributed by atoms with Gasteiger partial charge in [-0.25, -0.2) is 0 Å². The minimum Gasteiger partial charge on any atom is -0.433 e. The normalized spacial score (nSPS) is 33.6. The molecule has 1 aliphatic carbocycles. The van der Waals surface area contributed by atoms with Gasteiger partial charge >= 0.3 is 5.97 Å². The molecule has 0 aromatic rings. The van der Waals surface area contributed by atoms with Crippen molar-refractivity contribution in [1.82, 2.24) is 5.32 Å². The van der Waals surface area contributed by atoms with Gasteiger partial charge in [-0.15, -0.1) is 0 Å². The molecule has 0 aromatic carbocycles. The van der Waals surface area contributed by atoms with Gasteiger partial charge in [-0.05, 0) is 25.7 Å². The van der Waals surface area contributed by atoms with Gasteiger partial charge in [0.15, 0.2) is 5.78 Å². The number of ether oxygens (including phenoxy) is 4. The van der Waals surface area contributed by atoms with Gasteiger partial charge in [-0.2, -0.15) is 0 Å². The monoisotopic (exact) mass is 545 g/mol. The predicted molar refractivity (Wildman–Crippen MR) is 147 cm³/mol. The molecule has 8 nitrogen and oxygen atoms in total. The van der Waals surface area contributed by atoms with Crippen LogP contribution in [0.2, 0.25) is 0 Å². The first-order chi connectivity index (χ1) is 18.8. The molecule has 8 heteroatoms. The summed E-state index contributed by atoms with van der Waals surface area (Å²) in [5.41, 5.74) is 0.146. The first-order valence-electron chi connectivity index (χ1n) is 15.2. The molecule has 0 bridgehead atoms. The molecule has 1 N–H and O–H groups in total. The zero-order valence-corrected chi connectivity index (χ0v) is 24.1. The molecule has 1 saturated carbocycles. The zero-order chi connectivity index (χ0) is 28.0. The lowest BCUT2D eigenvalue weighted by molar-refractivity contribution is -0.197. The Balaban J connectivity index is 1.34. The topological polar surface area (TPSA) is 107 Å². The smallest absolute Gasteiger partial charge is 0.308 e. The maximum atomic E-state index is 12.9. The number of amides is 1. The number of carbonyl (C=O) groups is 3. The molecule has 4 rings (SSSR count). The van der Waals surface area contributed by atoms with Gasteiger partial charge in [-0.1, -0.05) is 89.9 Å². The highest BCUT2D eigenvalue weighted by Crippen LogP contribution is 2.57. The highest BCUT2D eigenvalue weighted by atomic mass is 16.8. The van der Waals surface area contributed by atoms with Crippen LogP contribution >= 0.6 is 0 Å². The Kier molecular flexibility index (Phi) is 10.4. The zero-order valence-electron chi connectivity index (χ0n) is 24.1. The van der Waals surface area contributed by atoms with Crippen molar-refractivity contribution >= 4 is 17.7 Å².